The summed E-state index contributed by atoms with van der Waals surface area (Å²) in [6.07, 6.45) is 4.65. The summed E-state index contributed by atoms with van der Waals surface area (Å²) in [5.41, 5.74) is 7.09. The third kappa shape index (κ3) is 3.01. The average Bonchev–Trinajstić information content (AvgIpc) is 2.88. The van der Waals surface area contributed by atoms with Crippen molar-refractivity contribution >= 4 is 23.1 Å². The number of nitrogens with zero attached hydrogens (tertiary/aromatic N) is 1. The molecule has 0 unspecified atom stereocenters. The number of amidine groups is 1. The van der Waals surface area contributed by atoms with Crippen molar-refractivity contribution in [2.75, 3.05) is 18.1 Å². The van der Waals surface area contributed by atoms with Crippen LogP contribution in [0.1, 0.15) is 31.2 Å². The monoisotopic (exact) mass is 281 g/mol. The van der Waals surface area contributed by atoms with Gasteiger partial charge in [-0.1, -0.05) is 30.5 Å². The van der Waals surface area contributed by atoms with Gasteiger partial charge < -0.3 is 15.7 Å². The lowest BCUT2D eigenvalue weighted by Gasteiger charge is -2.32. The van der Waals surface area contributed by atoms with Crippen LogP contribution in [0.25, 0.3) is 0 Å². The van der Waals surface area contributed by atoms with E-state index in [4.69, 9.17) is 22.7 Å². The highest BCUT2D eigenvalue weighted by Gasteiger charge is 2.25. The molecule has 0 aliphatic heterocycles. The van der Waals surface area contributed by atoms with Crippen molar-refractivity contribution in [2.24, 2.45) is 5.73 Å². The fourth-order valence-electron chi connectivity index (χ4n) is 2.84. The maximum atomic E-state index is 9.30. The van der Waals surface area contributed by atoms with E-state index in [0.717, 1.165) is 18.5 Å². The molecular formula is C14H20ClN3O. The molecule has 2 rings (SSSR count). The highest BCUT2D eigenvalue weighted by molar-refractivity contribution is 6.34. The van der Waals surface area contributed by atoms with Gasteiger partial charge in [-0.25, -0.2) is 0 Å². The summed E-state index contributed by atoms with van der Waals surface area (Å²) in [4.78, 5) is 2.15. The lowest BCUT2D eigenvalue weighted by atomic mass is 10.1. The molecule has 4 nitrogen and oxygen atoms in total. The number of rotatable bonds is 5. The maximum absolute atomic E-state index is 9.30. The summed E-state index contributed by atoms with van der Waals surface area (Å²) >= 11 is 6.17. The Balaban J connectivity index is 2.40. The Kier molecular flexibility index (Phi) is 4.66. The predicted octanol–water partition coefficient (Wildman–Crippen LogP) is 2.37. The fraction of sp³-hybridized carbons (Fsp3) is 0.500. The summed E-state index contributed by atoms with van der Waals surface area (Å²) in [6.45, 7) is 0.631. The van der Waals surface area contributed by atoms with Crippen LogP contribution in [-0.2, 0) is 0 Å². The Morgan fingerprint density at radius 1 is 1.42 bits per heavy atom. The van der Waals surface area contributed by atoms with E-state index >= 15 is 0 Å². The second-order valence-electron chi connectivity index (χ2n) is 4.90. The molecule has 0 radical (unpaired) electrons. The molecule has 1 aromatic rings. The molecule has 1 saturated carbocycles. The van der Waals surface area contributed by atoms with E-state index in [2.05, 4.69) is 4.90 Å². The second-order valence-corrected chi connectivity index (χ2v) is 5.31. The van der Waals surface area contributed by atoms with Crippen LogP contribution >= 0.6 is 11.6 Å². The molecule has 104 valence electrons. The molecule has 1 aliphatic rings. The van der Waals surface area contributed by atoms with Gasteiger partial charge in [0.15, 0.2) is 0 Å². The van der Waals surface area contributed by atoms with Crippen molar-refractivity contribution in [3.8, 4) is 0 Å². The van der Waals surface area contributed by atoms with Crippen molar-refractivity contribution in [1.29, 1.82) is 5.41 Å². The van der Waals surface area contributed by atoms with Crippen LogP contribution in [0.5, 0.6) is 0 Å². The highest BCUT2D eigenvalue weighted by Crippen LogP contribution is 2.33. The van der Waals surface area contributed by atoms with E-state index in [1.165, 1.54) is 12.8 Å². The first-order chi connectivity index (χ1) is 9.15. The predicted molar refractivity (Wildman–Crippen MR) is 79.2 cm³/mol. The summed E-state index contributed by atoms with van der Waals surface area (Å²) in [7, 11) is 0. The van der Waals surface area contributed by atoms with E-state index < -0.39 is 0 Å². The number of benzene rings is 1. The normalized spacial score (nSPS) is 15.7. The van der Waals surface area contributed by atoms with Gasteiger partial charge in [0.25, 0.3) is 0 Å². The molecule has 4 N–H and O–H groups in total. The van der Waals surface area contributed by atoms with Crippen molar-refractivity contribution in [1.82, 2.24) is 0 Å². The van der Waals surface area contributed by atoms with Crippen LogP contribution in [-0.4, -0.2) is 30.1 Å². The van der Waals surface area contributed by atoms with Crippen LogP contribution in [0.4, 0.5) is 5.69 Å². The van der Waals surface area contributed by atoms with Gasteiger partial charge in [-0.15, -0.1) is 0 Å². The molecule has 1 aliphatic carbocycles. The summed E-state index contributed by atoms with van der Waals surface area (Å²) < 4.78 is 0. The number of nitrogens with one attached hydrogen (secondary N) is 1. The highest BCUT2D eigenvalue weighted by atomic mass is 35.5. The first-order valence-electron chi connectivity index (χ1n) is 6.65. The van der Waals surface area contributed by atoms with Gasteiger partial charge >= 0.3 is 0 Å². The number of hydrogen-bond acceptors (Lipinski definition) is 3. The van der Waals surface area contributed by atoms with E-state index in [9.17, 15) is 5.11 Å². The molecule has 1 fully saturated rings. The van der Waals surface area contributed by atoms with Gasteiger partial charge in [-0.05, 0) is 25.0 Å². The van der Waals surface area contributed by atoms with Gasteiger partial charge in [0.1, 0.15) is 5.84 Å². The molecule has 5 heteroatoms. The number of aliphatic hydroxyl groups is 1. The van der Waals surface area contributed by atoms with E-state index in [0.29, 0.717) is 23.2 Å². The van der Waals surface area contributed by atoms with Crippen LogP contribution < -0.4 is 10.6 Å². The Morgan fingerprint density at radius 3 is 2.68 bits per heavy atom. The summed E-state index contributed by atoms with van der Waals surface area (Å²) in [5.74, 6) is -0.0264. The van der Waals surface area contributed by atoms with Gasteiger partial charge in [0.05, 0.1) is 17.2 Å². The van der Waals surface area contributed by atoms with E-state index in [1.54, 1.807) is 6.07 Å². The molecule has 19 heavy (non-hydrogen) atoms. The number of nitrogens with two attached hydrogens (primary N) is 1. The molecule has 1 aromatic carbocycles. The molecule has 0 amide bonds. The molecular weight excluding hydrogens is 262 g/mol. The van der Waals surface area contributed by atoms with Crippen LogP contribution in [0.3, 0.4) is 0 Å². The quantitative estimate of drug-likeness (QED) is 0.573. The van der Waals surface area contributed by atoms with Crippen molar-refractivity contribution in [3.05, 3.63) is 28.8 Å². The Labute approximate surface area is 118 Å². The molecule has 0 aromatic heterocycles. The summed E-state index contributed by atoms with van der Waals surface area (Å²) in [6, 6.07) is 5.94. The molecule has 0 saturated heterocycles. The number of nitrogen functional groups attached to an aromatic ring is 1. The van der Waals surface area contributed by atoms with Gasteiger partial charge in [-0.3, -0.25) is 5.41 Å². The molecule has 0 atom stereocenters. The zero-order valence-corrected chi connectivity index (χ0v) is 11.7. The largest absolute Gasteiger partial charge is 0.395 e. The SMILES string of the molecule is N=C(N)c1c(Cl)cccc1N(CCO)C1CCCC1. The van der Waals surface area contributed by atoms with Crippen molar-refractivity contribution in [2.45, 2.75) is 31.7 Å². The molecule has 0 bridgehead atoms. The zero-order chi connectivity index (χ0) is 13.8. The second kappa shape index (κ2) is 6.26. The minimum atomic E-state index is -0.0264. The number of halogens is 1. The summed E-state index contributed by atoms with van der Waals surface area (Å²) in [5, 5.41) is 17.5. The van der Waals surface area contributed by atoms with E-state index in [-0.39, 0.29) is 12.4 Å². The van der Waals surface area contributed by atoms with Crippen LogP contribution in [0.2, 0.25) is 5.02 Å². The fourth-order valence-corrected chi connectivity index (χ4v) is 3.11. The third-order valence-corrected chi connectivity index (χ3v) is 3.99. The molecule has 0 heterocycles. The van der Waals surface area contributed by atoms with E-state index in [1.807, 2.05) is 12.1 Å². The average molecular weight is 282 g/mol. The first kappa shape index (κ1) is 14.2. The minimum Gasteiger partial charge on any atom is -0.395 e. The van der Waals surface area contributed by atoms with Crippen molar-refractivity contribution < 1.29 is 5.11 Å². The first-order valence-corrected chi connectivity index (χ1v) is 7.03. The van der Waals surface area contributed by atoms with Gasteiger partial charge in [0, 0.05) is 18.3 Å². The van der Waals surface area contributed by atoms with Crippen LogP contribution in [0, 0.1) is 5.41 Å². The van der Waals surface area contributed by atoms with Gasteiger partial charge in [-0.2, -0.15) is 0 Å². The Morgan fingerprint density at radius 2 is 2.11 bits per heavy atom. The van der Waals surface area contributed by atoms with Gasteiger partial charge in [0.2, 0.25) is 0 Å². The smallest absolute Gasteiger partial charge is 0.126 e. The lowest BCUT2D eigenvalue weighted by Crippen LogP contribution is -2.37. The Bertz CT molecular complexity index is 458. The van der Waals surface area contributed by atoms with Crippen LogP contribution in [0.15, 0.2) is 18.2 Å². The lowest BCUT2D eigenvalue weighted by molar-refractivity contribution is 0.297. The third-order valence-electron chi connectivity index (χ3n) is 3.68. The minimum absolute atomic E-state index is 0.0264. The number of anilines is 1. The molecule has 0 spiro atoms. The number of aliphatic hydroxyl groups excluding tert-OH is 1. The number of hydrogen-bond donors (Lipinski definition) is 3. The maximum Gasteiger partial charge on any atom is 0.126 e. The standard InChI is InChI=1S/C14H20ClN3O/c15-11-6-3-7-12(13(11)14(16)17)18(8-9-19)10-4-1-2-5-10/h3,6-7,10,19H,1-2,4-5,8-9H2,(H3,16,17). The Hall–Kier alpha value is -1.26. The van der Waals surface area contributed by atoms with Crippen molar-refractivity contribution in [3.63, 3.8) is 0 Å². The topological polar surface area (TPSA) is 73.3 Å². The zero-order valence-electron chi connectivity index (χ0n) is 10.9.